The summed E-state index contributed by atoms with van der Waals surface area (Å²) in [6.45, 7) is 12.7. The van der Waals surface area contributed by atoms with Crippen LogP contribution in [0.25, 0.3) is 10.9 Å². The minimum atomic E-state index is 0.0490. The summed E-state index contributed by atoms with van der Waals surface area (Å²) in [5.41, 5.74) is 6.07. The minimum Gasteiger partial charge on any atom is -0.488 e. The standard InChI is InChI=1S/C29H37N3O2/c1-4-14-31-17-24(18-31)34-23-11-9-22(10-12-23)29-28-26(25-7-5-6-8-27(25)30-28)16-21(3)32(29)15-13-20(2)19-33/h5-12,21,24,29-30,33H,2,4,13-19H2,1,3H3/t21-,29-/m1/s1. The fourth-order valence-corrected chi connectivity index (χ4v) is 5.60. The molecule has 0 amide bonds. The molecular weight excluding hydrogens is 422 g/mol. The van der Waals surface area contributed by atoms with Crippen LogP contribution in [-0.4, -0.2) is 64.8 Å². The predicted octanol–water partition coefficient (Wildman–Crippen LogP) is 4.92. The summed E-state index contributed by atoms with van der Waals surface area (Å²) >= 11 is 0. The van der Waals surface area contributed by atoms with E-state index in [0.717, 1.165) is 50.3 Å². The summed E-state index contributed by atoms with van der Waals surface area (Å²) in [5, 5.41) is 10.8. The number of likely N-dealkylation sites (tertiary alicyclic amines) is 1. The average molecular weight is 460 g/mol. The van der Waals surface area contributed by atoms with Crippen molar-refractivity contribution in [3.8, 4) is 5.75 Å². The molecular formula is C29H37N3O2. The predicted molar refractivity (Wildman–Crippen MR) is 138 cm³/mol. The molecule has 5 rings (SSSR count). The van der Waals surface area contributed by atoms with Crippen molar-refractivity contribution in [2.45, 2.75) is 51.3 Å². The second-order valence-electron chi connectivity index (χ2n) is 9.98. The zero-order valence-electron chi connectivity index (χ0n) is 20.5. The SMILES string of the molecule is C=C(CO)CCN1[C@H](c2ccc(OC3CN(CCC)C3)cc2)c2[nH]c3ccccc3c2C[C@H]1C. The van der Waals surface area contributed by atoms with Crippen molar-refractivity contribution in [2.75, 3.05) is 32.8 Å². The van der Waals surface area contributed by atoms with E-state index in [1.54, 1.807) is 0 Å². The molecule has 0 bridgehead atoms. The van der Waals surface area contributed by atoms with Gasteiger partial charge in [-0.05, 0) is 62.1 Å². The van der Waals surface area contributed by atoms with Crippen molar-refractivity contribution >= 4 is 10.9 Å². The zero-order valence-corrected chi connectivity index (χ0v) is 20.5. The Balaban J connectivity index is 1.42. The maximum atomic E-state index is 9.50. The molecule has 5 nitrogen and oxygen atoms in total. The molecule has 3 aromatic rings. The van der Waals surface area contributed by atoms with Crippen LogP contribution < -0.4 is 4.74 Å². The maximum Gasteiger partial charge on any atom is 0.124 e. The van der Waals surface area contributed by atoms with Gasteiger partial charge in [0.1, 0.15) is 11.9 Å². The lowest BCUT2D eigenvalue weighted by atomic mass is 9.88. The number of hydrogen-bond donors (Lipinski definition) is 2. The van der Waals surface area contributed by atoms with Gasteiger partial charge in [-0.2, -0.15) is 0 Å². The van der Waals surface area contributed by atoms with Crippen molar-refractivity contribution in [1.82, 2.24) is 14.8 Å². The molecule has 2 aliphatic heterocycles. The van der Waals surface area contributed by atoms with Crippen LogP contribution >= 0.6 is 0 Å². The average Bonchev–Trinajstić information content (AvgIpc) is 3.19. The number of para-hydroxylation sites is 1. The first-order valence-corrected chi connectivity index (χ1v) is 12.7. The lowest BCUT2D eigenvalue weighted by molar-refractivity contribution is 0.0202. The second kappa shape index (κ2) is 9.95. The van der Waals surface area contributed by atoms with E-state index in [1.165, 1.54) is 34.1 Å². The van der Waals surface area contributed by atoms with Gasteiger partial charge in [0.2, 0.25) is 0 Å². The molecule has 1 aromatic heterocycles. The Kier molecular flexibility index (Phi) is 6.77. The highest BCUT2D eigenvalue weighted by molar-refractivity contribution is 5.85. The van der Waals surface area contributed by atoms with E-state index in [4.69, 9.17) is 4.74 Å². The summed E-state index contributed by atoms with van der Waals surface area (Å²) < 4.78 is 6.23. The van der Waals surface area contributed by atoms with Gasteiger partial charge in [-0.1, -0.05) is 49.4 Å². The first-order chi connectivity index (χ1) is 16.6. The van der Waals surface area contributed by atoms with Crippen molar-refractivity contribution in [3.05, 3.63) is 77.5 Å². The maximum absolute atomic E-state index is 9.50. The zero-order chi connectivity index (χ0) is 23.7. The van der Waals surface area contributed by atoms with Crippen LogP contribution in [0, 0.1) is 0 Å². The first-order valence-electron chi connectivity index (χ1n) is 12.7. The summed E-state index contributed by atoms with van der Waals surface area (Å²) in [4.78, 5) is 8.75. The molecule has 2 aliphatic rings. The van der Waals surface area contributed by atoms with E-state index in [9.17, 15) is 5.11 Å². The van der Waals surface area contributed by atoms with Crippen molar-refractivity contribution in [2.24, 2.45) is 0 Å². The Labute approximate surface area is 203 Å². The molecule has 0 saturated carbocycles. The van der Waals surface area contributed by atoms with E-state index >= 15 is 0 Å². The number of hydrogen-bond acceptors (Lipinski definition) is 4. The van der Waals surface area contributed by atoms with Gasteiger partial charge < -0.3 is 14.8 Å². The van der Waals surface area contributed by atoms with Crippen LogP contribution in [0.3, 0.4) is 0 Å². The third-order valence-corrected chi connectivity index (χ3v) is 7.43. The van der Waals surface area contributed by atoms with Crippen LogP contribution in [0.1, 0.15) is 49.6 Å². The number of aliphatic hydroxyl groups excluding tert-OH is 1. The molecule has 3 heterocycles. The van der Waals surface area contributed by atoms with Crippen molar-refractivity contribution in [3.63, 3.8) is 0 Å². The van der Waals surface area contributed by atoms with Crippen LogP contribution in [-0.2, 0) is 6.42 Å². The van der Waals surface area contributed by atoms with Gasteiger partial charge in [-0.3, -0.25) is 9.80 Å². The molecule has 0 radical (unpaired) electrons. The van der Waals surface area contributed by atoms with Crippen LogP contribution in [0.2, 0.25) is 0 Å². The Morgan fingerprint density at radius 3 is 2.62 bits per heavy atom. The Morgan fingerprint density at radius 1 is 1.12 bits per heavy atom. The van der Waals surface area contributed by atoms with Crippen LogP contribution in [0.5, 0.6) is 5.75 Å². The molecule has 0 spiro atoms. The lowest BCUT2D eigenvalue weighted by Crippen LogP contribution is -2.53. The van der Waals surface area contributed by atoms with Crippen molar-refractivity contribution < 1.29 is 9.84 Å². The van der Waals surface area contributed by atoms with Gasteiger partial charge in [-0.25, -0.2) is 0 Å². The third kappa shape index (κ3) is 4.52. The van der Waals surface area contributed by atoms with Gasteiger partial charge in [0, 0.05) is 42.3 Å². The van der Waals surface area contributed by atoms with E-state index in [2.05, 4.69) is 83.7 Å². The minimum absolute atomic E-state index is 0.0490. The van der Waals surface area contributed by atoms with Gasteiger partial charge in [-0.15, -0.1) is 0 Å². The number of ether oxygens (including phenoxy) is 1. The van der Waals surface area contributed by atoms with Crippen molar-refractivity contribution in [1.29, 1.82) is 0 Å². The van der Waals surface area contributed by atoms with Gasteiger partial charge in [0.05, 0.1) is 12.6 Å². The number of H-pyrrole nitrogens is 1. The Morgan fingerprint density at radius 2 is 1.88 bits per heavy atom. The van der Waals surface area contributed by atoms with Gasteiger partial charge in [0.25, 0.3) is 0 Å². The molecule has 0 aliphatic carbocycles. The van der Waals surface area contributed by atoms with Gasteiger partial charge >= 0.3 is 0 Å². The highest BCUT2D eigenvalue weighted by Crippen LogP contribution is 2.41. The molecule has 34 heavy (non-hydrogen) atoms. The number of aromatic amines is 1. The number of rotatable bonds is 9. The fourth-order valence-electron chi connectivity index (χ4n) is 5.60. The molecule has 1 saturated heterocycles. The summed E-state index contributed by atoms with van der Waals surface area (Å²) in [5.74, 6) is 0.950. The van der Waals surface area contributed by atoms with Crippen LogP contribution in [0.4, 0.5) is 0 Å². The van der Waals surface area contributed by atoms with E-state index < -0.39 is 0 Å². The lowest BCUT2D eigenvalue weighted by Gasteiger charge is -2.41. The highest BCUT2D eigenvalue weighted by atomic mass is 16.5. The second-order valence-corrected chi connectivity index (χ2v) is 9.98. The molecule has 0 unspecified atom stereocenters. The monoisotopic (exact) mass is 459 g/mol. The normalized spacial score (nSPS) is 21.4. The number of aliphatic hydroxyl groups is 1. The molecule has 2 atom stereocenters. The smallest absolute Gasteiger partial charge is 0.124 e. The molecule has 2 aromatic carbocycles. The Hall–Kier alpha value is -2.60. The summed E-state index contributed by atoms with van der Waals surface area (Å²) in [6.07, 6.45) is 3.30. The largest absolute Gasteiger partial charge is 0.488 e. The Bertz CT molecular complexity index is 1130. The summed E-state index contributed by atoms with van der Waals surface area (Å²) in [6, 6.07) is 17.9. The molecule has 180 valence electrons. The number of benzene rings is 2. The summed E-state index contributed by atoms with van der Waals surface area (Å²) in [7, 11) is 0. The topological polar surface area (TPSA) is 51.7 Å². The fraction of sp³-hybridized carbons (Fsp3) is 0.448. The number of nitrogens with one attached hydrogen (secondary N) is 1. The number of fused-ring (bicyclic) bond motifs is 3. The van der Waals surface area contributed by atoms with Gasteiger partial charge in [0.15, 0.2) is 0 Å². The highest BCUT2D eigenvalue weighted by Gasteiger charge is 2.35. The molecule has 2 N–H and O–H groups in total. The molecule has 5 heteroatoms. The number of nitrogens with zero attached hydrogens (tertiary/aromatic N) is 2. The number of aromatic nitrogens is 1. The first kappa shape index (κ1) is 23.2. The third-order valence-electron chi connectivity index (χ3n) is 7.43. The van der Waals surface area contributed by atoms with E-state index in [1.807, 2.05) is 0 Å². The molecule has 1 fully saturated rings. The quantitative estimate of drug-likeness (QED) is 0.446. The van der Waals surface area contributed by atoms with E-state index in [0.29, 0.717) is 12.1 Å². The van der Waals surface area contributed by atoms with E-state index in [-0.39, 0.29) is 12.6 Å². The van der Waals surface area contributed by atoms with Crippen LogP contribution in [0.15, 0.2) is 60.7 Å².